The number of furan rings is 1. The second kappa shape index (κ2) is 8.63. The summed E-state index contributed by atoms with van der Waals surface area (Å²) in [4.78, 5) is 31.7. The van der Waals surface area contributed by atoms with Crippen molar-refractivity contribution in [3.63, 3.8) is 0 Å². The van der Waals surface area contributed by atoms with Crippen molar-refractivity contribution in [1.29, 1.82) is 0 Å². The van der Waals surface area contributed by atoms with E-state index in [9.17, 15) is 31.5 Å². The molecule has 13 heteroatoms. The maximum atomic E-state index is 14.1. The van der Waals surface area contributed by atoms with E-state index < -0.39 is 53.1 Å². The second-order valence-electron chi connectivity index (χ2n) is 7.94. The van der Waals surface area contributed by atoms with Crippen molar-refractivity contribution in [2.24, 2.45) is 0 Å². The highest BCUT2D eigenvalue weighted by molar-refractivity contribution is 6.33. The first kappa shape index (κ1) is 23.8. The molecule has 1 saturated heterocycles. The zero-order chi connectivity index (χ0) is 25.8. The van der Waals surface area contributed by atoms with E-state index in [1.54, 1.807) is 0 Å². The van der Waals surface area contributed by atoms with Gasteiger partial charge < -0.3 is 14.2 Å². The summed E-state index contributed by atoms with van der Waals surface area (Å²) in [6.07, 6.45) is -0.974. The lowest BCUT2D eigenvalue weighted by atomic mass is 10.1. The fourth-order valence-electron chi connectivity index (χ4n) is 4.00. The van der Waals surface area contributed by atoms with Crippen molar-refractivity contribution in [2.45, 2.75) is 6.18 Å². The molecule has 3 aromatic heterocycles. The number of hydrogen-bond donors (Lipinski definition) is 0. The van der Waals surface area contributed by atoms with Crippen LogP contribution in [-0.2, 0) is 11.0 Å². The maximum absolute atomic E-state index is 14.1. The van der Waals surface area contributed by atoms with Crippen LogP contribution in [0, 0.1) is 11.6 Å². The minimum Gasteiger partial charge on any atom is -0.472 e. The van der Waals surface area contributed by atoms with Crippen LogP contribution >= 0.6 is 11.6 Å². The summed E-state index contributed by atoms with van der Waals surface area (Å²) in [7, 11) is 0. The van der Waals surface area contributed by atoms with Crippen LogP contribution in [0.15, 0.2) is 53.5 Å². The number of piperazine rings is 1. The molecule has 0 saturated carbocycles. The van der Waals surface area contributed by atoms with Gasteiger partial charge in [-0.3, -0.25) is 14.0 Å². The lowest BCUT2D eigenvalue weighted by molar-refractivity contribution is -0.136. The summed E-state index contributed by atoms with van der Waals surface area (Å²) < 4.78 is 75.1. The molecule has 0 unspecified atom stereocenters. The predicted octanol–water partition coefficient (Wildman–Crippen LogP) is 5.03. The lowest BCUT2D eigenvalue weighted by Crippen LogP contribution is -2.52. The Kier molecular flexibility index (Phi) is 5.70. The summed E-state index contributed by atoms with van der Waals surface area (Å²) >= 11 is 6.30. The van der Waals surface area contributed by atoms with Gasteiger partial charge in [0.2, 0.25) is 5.91 Å². The number of hydrogen-bond acceptors (Lipinski definition) is 4. The summed E-state index contributed by atoms with van der Waals surface area (Å²) in [6, 6.07) is 5.70. The Morgan fingerprint density at radius 3 is 2.56 bits per heavy atom. The van der Waals surface area contributed by atoms with E-state index in [0.717, 1.165) is 26.3 Å². The average molecular weight is 525 g/mol. The van der Waals surface area contributed by atoms with Gasteiger partial charge in [0.15, 0.2) is 23.0 Å². The van der Waals surface area contributed by atoms with E-state index in [1.165, 1.54) is 36.9 Å². The average Bonchev–Trinajstić information content (AvgIpc) is 3.48. The molecule has 1 aliphatic heterocycles. The Balaban J connectivity index is 1.49. The van der Waals surface area contributed by atoms with Gasteiger partial charge in [-0.05, 0) is 24.3 Å². The van der Waals surface area contributed by atoms with Crippen molar-refractivity contribution < 1.29 is 36.0 Å². The fourth-order valence-corrected chi connectivity index (χ4v) is 4.25. The van der Waals surface area contributed by atoms with Gasteiger partial charge in [-0.1, -0.05) is 17.7 Å². The van der Waals surface area contributed by atoms with Crippen LogP contribution in [0.3, 0.4) is 0 Å². The molecule has 0 bridgehead atoms. The van der Waals surface area contributed by atoms with Crippen molar-refractivity contribution >= 4 is 34.7 Å². The van der Waals surface area contributed by atoms with Crippen LogP contribution in [0.1, 0.15) is 16.1 Å². The first-order valence-electron chi connectivity index (χ1n) is 10.4. The zero-order valence-electron chi connectivity index (χ0n) is 18.0. The largest absolute Gasteiger partial charge is 0.472 e. The Labute approximate surface area is 204 Å². The zero-order valence-corrected chi connectivity index (χ0v) is 18.8. The van der Waals surface area contributed by atoms with Crippen LogP contribution in [0.25, 0.3) is 16.8 Å². The van der Waals surface area contributed by atoms with Gasteiger partial charge in [0.05, 0.1) is 23.8 Å². The predicted molar refractivity (Wildman–Crippen MR) is 118 cm³/mol. The van der Waals surface area contributed by atoms with Crippen molar-refractivity contribution in [3.8, 4) is 11.1 Å². The first-order valence-corrected chi connectivity index (χ1v) is 10.8. The third kappa shape index (κ3) is 3.96. The lowest BCUT2D eigenvalue weighted by Gasteiger charge is -2.34. The molecule has 4 aromatic rings. The number of imidazole rings is 1. The molecule has 2 amide bonds. The third-order valence-electron chi connectivity index (χ3n) is 5.75. The molecule has 0 spiro atoms. The van der Waals surface area contributed by atoms with E-state index in [4.69, 9.17) is 16.0 Å². The van der Waals surface area contributed by atoms with Crippen LogP contribution in [0.2, 0.25) is 5.15 Å². The van der Waals surface area contributed by atoms with Crippen LogP contribution in [0.5, 0.6) is 0 Å². The summed E-state index contributed by atoms with van der Waals surface area (Å²) in [5.74, 6) is -3.93. The molecule has 36 heavy (non-hydrogen) atoms. The van der Waals surface area contributed by atoms with Gasteiger partial charge in [0.25, 0.3) is 5.91 Å². The highest BCUT2D eigenvalue weighted by Crippen LogP contribution is 2.37. The number of rotatable bonds is 3. The second-order valence-corrected chi connectivity index (χ2v) is 8.30. The van der Waals surface area contributed by atoms with Crippen molar-refractivity contribution in [3.05, 3.63) is 77.1 Å². The monoisotopic (exact) mass is 524 g/mol. The third-order valence-corrected chi connectivity index (χ3v) is 6.12. The molecule has 1 aliphatic rings. The Morgan fingerprint density at radius 1 is 1.11 bits per heavy atom. The van der Waals surface area contributed by atoms with Gasteiger partial charge in [-0.2, -0.15) is 13.2 Å². The van der Waals surface area contributed by atoms with Gasteiger partial charge in [0.1, 0.15) is 11.7 Å². The molecule has 1 fully saturated rings. The molecule has 186 valence electrons. The van der Waals surface area contributed by atoms with Crippen LogP contribution in [0.4, 0.5) is 27.6 Å². The van der Waals surface area contributed by atoms with E-state index in [0.29, 0.717) is 5.56 Å². The number of fused-ring (bicyclic) bond motifs is 1. The highest BCUT2D eigenvalue weighted by Gasteiger charge is 2.37. The molecule has 5 rings (SSSR count). The first-order chi connectivity index (χ1) is 17.1. The smallest absolute Gasteiger partial charge is 0.420 e. The minimum absolute atomic E-state index is 0.114. The SMILES string of the molecule is O=C(c1nc2c(C(F)(F)F)cc(-c3ccoc3)cn2c1Cl)N1CCN(c2cccc(F)c2F)C(=O)C1. The van der Waals surface area contributed by atoms with E-state index >= 15 is 0 Å². The number of benzene rings is 1. The minimum atomic E-state index is -4.81. The molecule has 0 aliphatic carbocycles. The number of alkyl halides is 3. The summed E-state index contributed by atoms with van der Waals surface area (Å²) in [6.45, 7) is -0.823. The molecule has 1 aromatic carbocycles. The molecule has 4 heterocycles. The number of amides is 2. The number of anilines is 1. The maximum Gasteiger partial charge on any atom is 0.420 e. The van der Waals surface area contributed by atoms with Gasteiger partial charge in [-0.25, -0.2) is 13.8 Å². The van der Waals surface area contributed by atoms with Crippen molar-refractivity contribution in [2.75, 3.05) is 24.5 Å². The molecular weight excluding hydrogens is 511 g/mol. The number of aromatic nitrogens is 2. The summed E-state index contributed by atoms with van der Waals surface area (Å²) in [5, 5.41) is -0.378. The van der Waals surface area contributed by atoms with Crippen molar-refractivity contribution in [1.82, 2.24) is 14.3 Å². The topological polar surface area (TPSA) is 71.1 Å². The quantitative estimate of drug-likeness (QED) is 0.352. The normalized spacial score (nSPS) is 14.7. The molecule has 0 atom stereocenters. The standard InChI is InChI=1S/C23H14ClF5N4O3/c24-20-19(22(35)31-5-6-32(17(34)10-31)16-3-1-2-15(25)18(16)26)30-21-14(23(27,28)29)8-13(9-33(20)21)12-4-7-36-11-12/h1-4,7-9,11H,5-6,10H2. The number of carbonyl (C=O) groups excluding carboxylic acids is 2. The number of halogens is 6. The van der Waals surface area contributed by atoms with Gasteiger partial charge in [-0.15, -0.1) is 0 Å². The number of carbonyl (C=O) groups is 2. The molecular formula is C23H14ClF5N4O3. The Morgan fingerprint density at radius 2 is 1.89 bits per heavy atom. The van der Waals surface area contributed by atoms with Gasteiger partial charge in [0, 0.05) is 30.4 Å². The van der Waals surface area contributed by atoms with E-state index in [1.807, 2.05) is 0 Å². The van der Waals surface area contributed by atoms with E-state index in [-0.39, 0.29) is 29.5 Å². The fraction of sp³-hybridized carbons (Fsp3) is 0.174. The van der Waals surface area contributed by atoms with Crippen LogP contribution in [-0.4, -0.2) is 45.7 Å². The Hall–Kier alpha value is -3.93. The Bertz CT molecular complexity index is 1500. The van der Waals surface area contributed by atoms with Gasteiger partial charge >= 0.3 is 6.18 Å². The summed E-state index contributed by atoms with van der Waals surface area (Å²) in [5.41, 5.74) is -1.99. The van der Waals surface area contributed by atoms with Crippen LogP contribution < -0.4 is 4.90 Å². The van der Waals surface area contributed by atoms with E-state index in [2.05, 4.69) is 4.98 Å². The molecule has 7 nitrogen and oxygen atoms in total. The highest BCUT2D eigenvalue weighted by atomic mass is 35.5. The molecule has 0 N–H and O–H groups in total. The number of pyridine rings is 1. The number of nitrogens with zero attached hydrogens (tertiary/aromatic N) is 4. The molecule has 0 radical (unpaired) electrons.